The average molecular weight is 207 g/mol. The summed E-state index contributed by atoms with van der Waals surface area (Å²) >= 11 is 2.30. The van der Waals surface area contributed by atoms with Crippen LogP contribution in [0.5, 0.6) is 0 Å². The second-order valence-electron chi connectivity index (χ2n) is 1.60. The van der Waals surface area contributed by atoms with Gasteiger partial charge in [-0.25, -0.2) is 0 Å². The van der Waals surface area contributed by atoms with Gasteiger partial charge in [0, 0.05) is 5.92 Å². The zero-order chi connectivity index (χ0) is 5.28. The van der Waals surface area contributed by atoms with Gasteiger partial charge >= 0.3 is 0 Å². The third-order valence-electron chi connectivity index (χ3n) is 0.977. The average Bonchev–Trinajstić information content (AvgIpc) is 2.22. The van der Waals surface area contributed by atoms with Gasteiger partial charge in [0.05, 0.1) is 0 Å². The van der Waals surface area contributed by atoms with Gasteiger partial charge in [-0.05, 0) is 38.8 Å². The van der Waals surface area contributed by atoms with Crippen LogP contribution in [0.2, 0.25) is 0 Å². The summed E-state index contributed by atoms with van der Waals surface area (Å²) in [6, 6.07) is 0. The molecule has 1 N–H and O–H groups in total. The summed E-state index contributed by atoms with van der Waals surface area (Å²) in [6.45, 7) is 0. The van der Waals surface area contributed by atoms with Crippen molar-refractivity contribution in [1.29, 1.82) is 5.41 Å². The van der Waals surface area contributed by atoms with Crippen molar-refractivity contribution in [1.82, 2.24) is 0 Å². The van der Waals surface area contributed by atoms with Crippen molar-refractivity contribution in [2.75, 3.05) is 0 Å². The van der Waals surface area contributed by atoms with Crippen molar-refractivity contribution in [2.45, 2.75) is 6.42 Å². The van der Waals surface area contributed by atoms with Crippen molar-refractivity contribution >= 4 is 28.8 Å². The predicted octanol–water partition coefficient (Wildman–Crippen LogP) is 1.97. The van der Waals surface area contributed by atoms with Crippen LogP contribution in [0.1, 0.15) is 6.42 Å². The monoisotopic (exact) mass is 207 g/mol. The molecule has 1 aliphatic rings. The molecule has 0 saturated heterocycles. The Labute approximate surface area is 56.5 Å². The number of hydrogen-bond acceptors (Lipinski definition) is 1. The molecule has 0 aliphatic heterocycles. The van der Waals surface area contributed by atoms with Crippen LogP contribution in [0, 0.1) is 11.3 Å². The van der Waals surface area contributed by atoms with E-state index in [-0.39, 0.29) is 0 Å². The van der Waals surface area contributed by atoms with E-state index in [1.54, 1.807) is 0 Å². The Morgan fingerprint density at radius 3 is 2.71 bits per heavy atom. The number of hydrogen-bond donors (Lipinski definition) is 1. The fraction of sp³-hybridized carbons (Fsp3) is 0.400. The Bertz CT molecular complexity index is 117. The molecule has 2 heteroatoms. The van der Waals surface area contributed by atoms with E-state index < -0.39 is 0 Å². The minimum absolute atomic E-state index is 0.651. The van der Waals surface area contributed by atoms with Crippen molar-refractivity contribution < 1.29 is 0 Å². The minimum atomic E-state index is 0.651. The Kier molecular flexibility index (Phi) is 1.46. The molecule has 38 valence electrons. The molecule has 1 rings (SSSR count). The van der Waals surface area contributed by atoms with Crippen LogP contribution in [0.3, 0.4) is 0 Å². The summed E-state index contributed by atoms with van der Waals surface area (Å²) in [6.07, 6.45) is 4.55. The van der Waals surface area contributed by atoms with Crippen molar-refractivity contribution in [3.63, 3.8) is 0 Å². The van der Waals surface area contributed by atoms with Crippen LogP contribution in [0.15, 0.2) is 9.66 Å². The fourth-order valence-electron chi connectivity index (χ4n) is 0.452. The van der Waals surface area contributed by atoms with E-state index >= 15 is 0 Å². The molecule has 0 spiro atoms. The lowest BCUT2D eigenvalue weighted by atomic mass is 10.3. The topological polar surface area (TPSA) is 23.9 Å². The largest absolute Gasteiger partial charge is 0.313 e. The highest BCUT2D eigenvalue weighted by atomic mass is 127. The lowest BCUT2D eigenvalue weighted by Crippen LogP contribution is -1.76. The maximum Gasteiger partial charge on any atom is 0.0133 e. The molecule has 0 aromatic carbocycles. The SMILES string of the molecule is N=CCC1C=C1I. The molecule has 1 aliphatic carbocycles. The third kappa shape index (κ3) is 1.26. The number of rotatable bonds is 2. The molecular weight excluding hydrogens is 201 g/mol. The molecule has 0 amide bonds. The second kappa shape index (κ2) is 1.94. The van der Waals surface area contributed by atoms with Crippen molar-refractivity contribution in [3.8, 4) is 0 Å². The molecule has 0 radical (unpaired) electrons. The number of allylic oxidation sites excluding steroid dienone is 2. The van der Waals surface area contributed by atoms with Gasteiger partial charge < -0.3 is 5.41 Å². The van der Waals surface area contributed by atoms with Gasteiger partial charge in [0.25, 0.3) is 0 Å². The minimum Gasteiger partial charge on any atom is -0.313 e. The van der Waals surface area contributed by atoms with E-state index in [1.807, 2.05) is 0 Å². The van der Waals surface area contributed by atoms with Crippen molar-refractivity contribution in [2.24, 2.45) is 5.92 Å². The highest BCUT2D eigenvalue weighted by Crippen LogP contribution is 2.36. The van der Waals surface area contributed by atoms with E-state index in [2.05, 4.69) is 28.7 Å². The van der Waals surface area contributed by atoms with E-state index in [4.69, 9.17) is 5.41 Å². The second-order valence-corrected chi connectivity index (χ2v) is 2.84. The number of nitrogens with one attached hydrogen (secondary N) is 1. The smallest absolute Gasteiger partial charge is 0.0133 e. The molecule has 0 aromatic heterocycles. The van der Waals surface area contributed by atoms with Gasteiger partial charge in [0.1, 0.15) is 0 Å². The van der Waals surface area contributed by atoms with Gasteiger partial charge in [0.15, 0.2) is 0 Å². The van der Waals surface area contributed by atoms with Gasteiger partial charge in [-0.2, -0.15) is 0 Å². The number of halogens is 1. The first-order chi connectivity index (χ1) is 3.34. The van der Waals surface area contributed by atoms with Gasteiger partial charge in [-0.1, -0.05) is 6.08 Å². The zero-order valence-corrected chi connectivity index (χ0v) is 5.97. The summed E-state index contributed by atoms with van der Waals surface area (Å²) in [5, 5.41) is 6.70. The Balaban J connectivity index is 2.13. The molecule has 7 heavy (non-hydrogen) atoms. The van der Waals surface area contributed by atoms with E-state index in [1.165, 1.54) is 9.79 Å². The first kappa shape index (κ1) is 5.28. The fourth-order valence-corrected chi connectivity index (χ4v) is 1.14. The summed E-state index contributed by atoms with van der Waals surface area (Å²) in [5.41, 5.74) is 0. The van der Waals surface area contributed by atoms with Crippen LogP contribution >= 0.6 is 22.6 Å². The third-order valence-corrected chi connectivity index (χ3v) is 2.14. The zero-order valence-electron chi connectivity index (χ0n) is 3.82. The van der Waals surface area contributed by atoms with Crippen LogP contribution in [-0.2, 0) is 0 Å². The highest BCUT2D eigenvalue weighted by Gasteiger charge is 2.19. The lowest BCUT2D eigenvalue weighted by molar-refractivity contribution is 0.988. The Hall–Kier alpha value is 0.140. The normalized spacial score (nSPS) is 26.4. The molecule has 0 fully saturated rings. The summed E-state index contributed by atoms with van der Waals surface area (Å²) in [7, 11) is 0. The highest BCUT2D eigenvalue weighted by molar-refractivity contribution is 14.1. The molecule has 1 atom stereocenters. The maximum absolute atomic E-state index is 6.70. The van der Waals surface area contributed by atoms with Crippen LogP contribution < -0.4 is 0 Å². The first-order valence-electron chi connectivity index (χ1n) is 2.20. The van der Waals surface area contributed by atoms with Crippen LogP contribution in [0.4, 0.5) is 0 Å². The summed E-state index contributed by atoms with van der Waals surface area (Å²) in [5.74, 6) is 0.651. The Morgan fingerprint density at radius 2 is 2.57 bits per heavy atom. The van der Waals surface area contributed by atoms with Crippen LogP contribution in [-0.4, -0.2) is 6.21 Å². The molecule has 0 saturated carbocycles. The summed E-state index contributed by atoms with van der Waals surface area (Å²) in [4.78, 5) is 0. The molecule has 0 heterocycles. The predicted molar refractivity (Wildman–Crippen MR) is 39.0 cm³/mol. The molecular formula is C5H6IN. The quantitative estimate of drug-likeness (QED) is 0.528. The van der Waals surface area contributed by atoms with E-state index in [9.17, 15) is 0 Å². The van der Waals surface area contributed by atoms with Gasteiger partial charge in [-0.15, -0.1) is 0 Å². The molecule has 0 bridgehead atoms. The summed E-state index contributed by atoms with van der Waals surface area (Å²) < 4.78 is 1.42. The van der Waals surface area contributed by atoms with Gasteiger partial charge in [-0.3, -0.25) is 0 Å². The lowest BCUT2D eigenvalue weighted by Gasteiger charge is -1.81. The molecule has 0 aromatic rings. The standard InChI is InChI=1S/C5H6IN/c6-5-3-4(5)1-2-7/h2-4,7H,1H2. The van der Waals surface area contributed by atoms with Gasteiger partial charge in [0.2, 0.25) is 0 Å². The van der Waals surface area contributed by atoms with E-state index in [0.29, 0.717) is 5.92 Å². The maximum atomic E-state index is 6.70. The van der Waals surface area contributed by atoms with E-state index in [0.717, 1.165) is 6.42 Å². The Morgan fingerprint density at radius 1 is 2.00 bits per heavy atom. The first-order valence-corrected chi connectivity index (χ1v) is 3.28. The molecule has 1 unspecified atom stereocenters. The van der Waals surface area contributed by atoms with Crippen LogP contribution in [0.25, 0.3) is 0 Å². The molecule has 1 nitrogen and oxygen atoms in total. The van der Waals surface area contributed by atoms with Crippen molar-refractivity contribution in [3.05, 3.63) is 9.66 Å².